The standard InChI is InChI=1S/C18H23ClN4O/c1-3-11-23(12-4-2)17(24)16-9-10-20-18(22-16)21-13-14-5-7-15(19)8-6-14/h5-10H,3-4,11-13H2,1-2H3,(H,20,21,22). The Hall–Kier alpha value is -2.14. The molecule has 128 valence electrons. The van der Waals surface area contributed by atoms with Crippen LogP contribution in [0.5, 0.6) is 0 Å². The minimum absolute atomic E-state index is 0.0457. The summed E-state index contributed by atoms with van der Waals surface area (Å²) in [5, 5.41) is 3.85. The zero-order chi connectivity index (χ0) is 17.4. The second kappa shape index (κ2) is 9.23. The van der Waals surface area contributed by atoms with Crippen molar-refractivity contribution in [2.45, 2.75) is 33.2 Å². The lowest BCUT2D eigenvalue weighted by Crippen LogP contribution is -2.33. The maximum absolute atomic E-state index is 12.6. The molecule has 0 radical (unpaired) electrons. The molecule has 0 unspecified atom stereocenters. The fourth-order valence-corrected chi connectivity index (χ4v) is 2.49. The SMILES string of the molecule is CCCN(CCC)C(=O)c1ccnc(NCc2ccc(Cl)cc2)n1. The van der Waals surface area contributed by atoms with Gasteiger partial charge in [-0.1, -0.05) is 37.6 Å². The molecule has 2 rings (SSSR count). The number of halogens is 1. The van der Waals surface area contributed by atoms with Gasteiger partial charge in [0.1, 0.15) is 5.69 Å². The van der Waals surface area contributed by atoms with Gasteiger partial charge in [0.2, 0.25) is 5.95 Å². The first kappa shape index (κ1) is 18.2. The van der Waals surface area contributed by atoms with Crippen molar-refractivity contribution in [3.63, 3.8) is 0 Å². The first-order valence-electron chi connectivity index (χ1n) is 8.24. The van der Waals surface area contributed by atoms with Crippen LogP contribution in [-0.2, 0) is 6.54 Å². The minimum atomic E-state index is -0.0457. The number of carbonyl (C=O) groups excluding carboxylic acids is 1. The summed E-state index contributed by atoms with van der Waals surface area (Å²) in [6, 6.07) is 9.22. The quantitative estimate of drug-likeness (QED) is 0.784. The molecule has 0 bridgehead atoms. The van der Waals surface area contributed by atoms with Crippen LogP contribution in [0.15, 0.2) is 36.5 Å². The Morgan fingerprint density at radius 3 is 2.42 bits per heavy atom. The van der Waals surface area contributed by atoms with Crippen molar-refractivity contribution in [2.24, 2.45) is 0 Å². The van der Waals surface area contributed by atoms with Gasteiger partial charge in [-0.15, -0.1) is 0 Å². The van der Waals surface area contributed by atoms with Gasteiger partial charge >= 0.3 is 0 Å². The van der Waals surface area contributed by atoms with E-state index in [1.807, 2.05) is 29.2 Å². The second-order valence-electron chi connectivity index (χ2n) is 5.54. The Balaban J connectivity index is 2.04. The van der Waals surface area contributed by atoms with E-state index in [2.05, 4.69) is 29.1 Å². The Bertz CT molecular complexity index is 654. The molecule has 24 heavy (non-hydrogen) atoms. The molecule has 0 saturated heterocycles. The summed E-state index contributed by atoms with van der Waals surface area (Å²) in [5.74, 6) is 0.402. The van der Waals surface area contributed by atoms with Gasteiger partial charge in [0.25, 0.3) is 5.91 Å². The normalized spacial score (nSPS) is 10.5. The summed E-state index contributed by atoms with van der Waals surface area (Å²) in [7, 11) is 0. The van der Waals surface area contributed by atoms with E-state index in [1.54, 1.807) is 12.3 Å². The monoisotopic (exact) mass is 346 g/mol. The number of amides is 1. The van der Waals surface area contributed by atoms with Gasteiger partial charge < -0.3 is 10.2 Å². The Morgan fingerprint density at radius 2 is 1.79 bits per heavy atom. The third-order valence-electron chi connectivity index (χ3n) is 3.51. The molecular formula is C18H23ClN4O. The van der Waals surface area contributed by atoms with Crippen LogP contribution in [-0.4, -0.2) is 33.9 Å². The summed E-state index contributed by atoms with van der Waals surface area (Å²) >= 11 is 5.88. The van der Waals surface area contributed by atoms with Crippen LogP contribution in [0.25, 0.3) is 0 Å². The van der Waals surface area contributed by atoms with Crippen molar-refractivity contribution in [1.82, 2.24) is 14.9 Å². The third-order valence-corrected chi connectivity index (χ3v) is 3.76. The van der Waals surface area contributed by atoms with Gasteiger partial charge in [-0.3, -0.25) is 4.79 Å². The van der Waals surface area contributed by atoms with E-state index in [4.69, 9.17) is 11.6 Å². The summed E-state index contributed by atoms with van der Waals surface area (Å²) in [5.41, 5.74) is 1.49. The zero-order valence-corrected chi connectivity index (χ0v) is 14.9. The highest BCUT2D eigenvalue weighted by atomic mass is 35.5. The molecule has 0 aliphatic rings. The van der Waals surface area contributed by atoms with Crippen molar-refractivity contribution >= 4 is 23.5 Å². The van der Waals surface area contributed by atoms with Crippen molar-refractivity contribution in [2.75, 3.05) is 18.4 Å². The van der Waals surface area contributed by atoms with Gasteiger partial charge in [0.15, 0.2) is 0 Å². The molecule has 0 aliphatic carbocycles. The van der Waals surface area contributed by atoms with Crippen LogP contribution in [0.1, 0.15) is 42.7 Å². The van der Waals surface area contributed by atoms with Gasteiger partial charge in [0.05, 0.1) is 0 Å². The zero-order valence-electron chi connectivity index (χ0n) is 14.1. The molecule has 1 aromatic heterocycles. The van der Waals surface area contributed by atoms with Crippen LogP contribution >= 0.6 is 11.6 Å². The van der Waals surface area contributed by atoms with Crippen molar-refractivity contribution < 1.29 is 4.79 Å². The predicted octanol–water partition coefficient (Wildman–Crippen LogP) is 4.00. The molecule has 2 aromatic rings. The molecule has 0 aliphatic heterocycles. The largest absolute Gasteiger partial charge is 0.350 e. The van der Waals surface area contributed by atoms with Gasteiger partial charge in [-0.25, -0.2) is 9.97 Å². The summed E-state index contributed by atoms with van der Waals surface area (Å²) < 4.78 is 0. The van der Waals surface area contributed by atoms with E-state index in [0.717, 1.165) is 31.5 Å². The van der Waals surface area contributed by atoms with Crippen LogP contribution in [0.4, 0.5) is 5.95 Å². The number of nitrogens with one attached hydrogen (secondary N) is 1. The Morgan fingerprint density at radius 1 is 1.12 bits per heavy atom. The van der Waals surface area contributed by atoms with Crippen LogP contribution < -0.4 is 5.32 Å². The summed E-state index contributed by atoms with van der Waals surface area (Å²) in [6.45, 7) is 6.18. The average Bonchev–Trinajstić information content (AvgIpc) is 2.61. The maximum Gasteiger partial charge on any atom is 0.272 e. The Kier molecular flexibility index (Phi) is 7.00. The number of rotatable bonds is 8. The number of anilines is 1. The topological polar surface area (TPSA) is 58.1 Å². The number of hydrogen-bond acceptors (Lipinski definition) is 4. The van der Waals surface area contributed by atoms with E-state index >= 15 is 0 Å². The second-order valence-corrected chi connectivity index (χ2v) is 5.97. The number of carbonyl (C=O) groups is 1. The fraction of sp³-hybridized carbons (Fsp3) is 0.389. The van der Waals surface area contributed by atoms with Crippen molar-refractivity contribution in [1.29, 1.82) is 0 Å². The molecule has 0 spiro atoms. The van der Waals surface area contributed by atoms with Crippen LogP contribution in [0.2, 0.25) is 5.02 Å². The lowest BCUT2D eigenvalue weighted by atomic mass is 10.2. The Labute approximate surface area is 148 Å². The highest BCUT2D eigenvalue weighted by Crippen LogP contribution is 2.11. The molecule has 1 N–H and O–H groups in total. The molecule has 0 saturated carbocycles. The lowest BCUT2D eigenvalue weighted by molar-refractivity contribution is 0.0749. The maximum atomic E-state index is 12.6. The third kappa shape index (κ3) is 5.20. The number of benzene rings is 1. The van der Waals surface area contributed by atoms with Gasteiger partial charge in [-0.05, 0) is 36.6 Å². The number of nitrogens with zero attached hydrogens (tertiary/aromatic N) is 3. The lowest BCUT2D eigenvalue weighted by Gasteiger charge is -2.21. The van der Waals surface area contributed by atoms with Crippen LogP contribution in [0.3, 0.4) is 0 Å². The highest BCUT2D eigenvalue weighted by molar-refractivity contribution is 6.30. The first-order chi connectivity index (χ1) is 11.6. The first-order valence-corrected chi connectivity index (χ1v) is 8.62. The average molecular weight is 347 g/mol. The molecule has 6 heteroatoms. The molecule has 0 atom stereocenters. The molecular weight excluding hydrogens is 324 g/mol. The smallest absolute Gasteiger partial charge is 0.272 e. The van der Waals surface area contributed by atoms with E-state index in [9.17, 15) is 4.79 Å². The molecule has 5 nitrogen and oxygen atoms in total. The van der Waals surface area contributed by atoms with E-state index in [1.165, 1.54) is 0 Å². The fourth-order valence-electron chi connectivity index (χ4n) is 2.36. The predicted molar refractivity (Wildman–Crippen MR) is 97.3 cm³/mol. The highest BCUT2D eigenvalue weighted by Gasteiger charge is 2.16. The molecule has 0 fully saturated rings. The molecule has 1 heterocycles. The summed E-state index contributed by atoms with van der Waals surface area (Å²) in [4.78, 5) is 23.0. The van der Waals surface area contributed by atoms with Crippen molar-refractivity contribution in [3.8, 4) is 0 Å². The van der Waals surface area contributed by atoms with E-state index < -0.39 is 0 Å². The van der Waals surface area contributed by atoms with E-state index in [0.29, 0.717) is 23.2 Å². The molecule has 1 amide bonds. The molecule has 1 aromatic carbocycles. The summed E-state index contributed by atoms with van der Waals surface area (Å²) in [6.07, 6.45) is 3.47. The van der Waals surface area contributed by atoms with Gasteiger partial charge in [-0.2, -0.15) is 0 Å². The van der Waals surface area contributed by atoms with Gasteiger partial charge in [0, 0.05) is 30.9 Å². The van der Waals surface area contributed by atoms with Crippen LogP contribution in [0, 0.1) is 0 Å². The minimum Gasteiger partial charge on any atom is -0.350 e. The van der Waals surface area contributed by atoms with Crippen molar-refractivity contribution in [3.05, 3.63) is 52.8 Å². The number of aromatic nitrogens is 2. The number of hydrogen-bond donors (Lipinski definition) is 1. The van der Waals surface area contributed by atoms with E-state index in [-0.39, 0.29) is 5.91 Å².